The van der Waals surface area contributed by atoms with E-state index in [1.54, 1.807) is 4.90 Å². The molecule has 10 heteroatoms. The van der Waals surface area contributed by atoms with E-state index in [1.165, 1.54) is 0 Å². The average Bonchev–Trinajstić information content (AvgIpc) is 2.52. The Balaban J connectivity index is 1.48. The first-order valence-corrected chi connectivity index (χ1v) is 9.14. The number of hydrogen-bond donors (Lipinski definition) is 1. The third kappa shape index (κ3) is 5.07. The van der Waals surface area contributed by atoms with E-state index < -0.39 is 5.60 Å². The Bertz CT molecular complexity index is 641. The summed E-state index contributed by atoms with van der Waals surface area (Å²) < 4.78 is 10.7. The highest BCUT2D eigenvalue weighted by molar-refractivity contribution is 6.28. The van der Waals surface area contributed by atoms with Crippen LogP contribution in [0.2, 0.25) is 5.28 Å². The van der Waals surface area contributed by atoms with Gasteiger partial charge in [-0.25, -0.2) is 4.79 Å². The molecule has 1 amide bonds. The quantitative estimate of drug-likeness (QED) is 0.837. The van der Waals surface area contributed by atoms with Gasteiger partial charge >= 0.3 is 6.09 Å². The van der Waals surface area contributed by atoms with Crippen molar-refractivity contribution in [3.05, 3.63) is 5.28 Å². The zero-order valence-corrected chi connectivity index (χ0v) is 16.1. The van der Waals surface area contributed by atoms with Crippen molar-refractivity contribution >= 4 is 29.6 Å². The predicted octanol–water partition coefficient (Wildman–Crippen LogP) is 1.64. The zero-order chi connectivity index (χ0) is 18.7. The molecule has 2 aliphatic rings. The Hall–Kier alpha value is -1.87. The van der Waals surface area contributed by atoms with Crippen LogP contribution in [0, 0.1) is 5.92 Å². The van der Waals surface area contributed by atoms with Crippen LogP contribution in [0.4, 0.5) is 16.7 Å². The van der Waals surface area contributed by atoms with Crippen LogP contribution in [0.25, 0.3) is 0 Å². The number of likely N-dealkylation sites (tertiary alicyclic amines) is 1. The molecule has 0 unspecified atom stereocenters. The molecule has 1 aromatic rings. The van der Waals surface area contributed by atoms with Crippen LogP contribution in [0.5, 0.6) is 0 Å². The largest absolute Gasteiger partial charge is 0.444 e. The normalized spacial score (nSPS) is 18.5. The zero-order valence-electron chi connectivity index (χ0n) is 15.4. The number of hydrogen-bond acceptors (Lipinski definition) is 8. The molecule has 3 rings (SSSR count). The summed E-state index contributed by atoms with van der Waals surface area (Å²) in [5, 5.41) is 3.35. The van der Waals surface area contributed by atoms with Gasteiger partial charge in [0, 0.05) is 38.6 Å². The molecule has 3 heterocycles. The first-order valence-electron chi connectivity index (χ1n) is 8.76. The number of ether oxygens (including phenoxy) is 2. The molecule has 26 heavy (non-hydrogen) atoms. The van der Waals surface area contributed by atoms with Gasteiger partial charge in [-0.05, 0) is 32.4 Å². The van der Waals surface area contributed by atoms with Gasteiger partial charge in [0.25, 0.3) is 0 Å². The molecule has 0 aliphatic carbocycles. The number of anilines is 2. The molecule has 0 saturated carbocycles. The standard InChI is InChI=1S/C16H25ClN6O3/c1-16(2,3)26-15(24)23-9-11(10-23)8-18-13-19-12(17)20-14(21-13)22-4-6-25-7-5-22/h11H,4-10H2,1-3H3,(H,18,19,20,21). The summed E-state index contributed by atoms with van der Waals surface area (Å²) in [5.41, 5.74) is -0.474. The first-order chi connectivity index (χ1) is 12.3. The van der Waals surface area contributed by atoms with Gasteiger partial charge in [-0.2, -0.15) is 15.0 Å². The molecule has 9 nitrogen and oxygen atoms in total. The van der Waals surface area contributed by atoms with Crippen molar-refractivity contribution in [3.63, 3.8) is 0 Å². The Morgan fingerprint density at radius 2 is 1.96 bits per heavy atom. The van der Waals surface area contributed by atoms with Crippen LogP contribution in [-0.4, -0.2) is 77.5 Å². The van der Waals surface area contributed by atoms with E-state index >= 15 is 0 Å². The lowest BCUT2D eigenvalue weighted by Crippen LogP contribution is -2.53. The maximum absolute atomic E-state index is 11.9. The van der Waals surface area contributed by atoms with Crippen LogP contribution < -0.4 is 10.2 Å². The van der Waals surface area contributed by atoms with Gasteiger partial charge in [-0.1, -0.05) is 0 Å². The molecule has 0 radical (unpaired) electrons. The van der Waals surface area contributed by atoms with E-state index in [1.807, 2.05) is 25.7 Å². The molecule has 0 spiro atoms. The van der Waals surface area contributed by atoms with E-state index in [4.69, 9.17) is 21.1 Å². The van der Waals surface area contributed by atoms with Crippen LogP contribution in [0.15, 0.2) is 0 Å². The van der Waals surface area contributed by atoms with Crippen molar-refractivity contribution in [2.75, 3.05) is 56.2 Å². The fourth-order valence-corrected chi connectivity index (χ4v) is 2.89. The summed E-state index contributed by atoms with van der Waals surface area (Å²) in [6, 6.07) is 0. The maximum atomic E-state index is 11.9. The SMILES string of the molecule is CC(C)(C)OC(=O)N1CC(CNc2nc(Cl)nc(N3CCOCC3)n2)C1. The predicted molar refractivity (Wildman–Crippen MR) is 97.7 cm³/mol. The Morgan fingerprint density at radius 1 is 1.27 bits per heavy atom. The van der Waals surface area contributed by atoms with Crippen LogP contribution in [-0.2, 0) is 9.47 Å². The number of carbonyl (C=O) groups is 1. The summed E-state index contributed by atoms with van der Waals surface area (Å²) in [7, 11) is 0. The third-order valence-electron chi connectivity index (χ3n) is 4.05. The summed E-state index contributed by atoms with van der Waals surface area (Å²) in [4.78, 5) is 28.4. The minimum atomic E-state index is -0.474. The molecule has 0 bridgehead atoms. The van der Waals surface area contributed by atoms with Gasteiger partial charge in [0.15, 0.2) is 0 Å². The molecule has 2 aliphatic heterocycles. The highest BCUT2D eigenvalue weighted by atomic mass is 35.5. The number of morpholine rings is 1. The van der Waals surface area contributed by atoms with Crippen molar-refractivity contribution in [1.82, 2.24) is 19.9 Å². The van der Waals surface area contributed by atoms with E-state index in [0.29, 0.717) is 50.7 Å². The highest BCUT2D eigenvalue weighted by Crippen LogP contribution is 2.20. The van der Waals surface area contributed by atoms with Crippen molar-refractivity contribution in [2.45, 2.75) is 26.4 Å². The monoisotopic (exact) mass is 384 g/mol. The fraction of sp³-hybridized carbons (Fsp3) is 0.750. The molecule has 0 aromatic carbocycles. The lowest BCUT2D eigenvalue weighted by molar-refractivity contribution is 0.000831. The van der Waals surface area contributed by atoms with Crippen LogP contribution >= 0.6 is 11.6 Å². The number of nitrogens with one attached hydrogen (secondary N) is 1. The van der Waals surface area contributed by atoms with Gasteiger partial charge in [0.05, 0.1) is 13.2 Å². The first kappa shape index (κ1) is 18.9. The molecule has 1 N–H and O–H groups in total. The third-order valence-corrected chi connectivity index (χ3v) is 4.22. The second-order valence-electron chi connectivity index (χ2n) is 7.46. The van der Waals surface area contributed by atoms with E-state index in [0.717, 1.165) is 13.1 Å². The second kappa shape index (κ2) is 7.79. The van der Waals surface area contributed by atoms with Gasteiger partial charge in [0.2, 0.25) is 17.2 Å². The summed E-state index contributed by atoms with van der Waals surface area (Å²) in [6.07, 6.45) is -0.272. The molecule has 144 valence electrons. The average molecular weight is 385 g/mol. The van der Waals surface area contributed by atoms with Crippen molar-refractivity contribution < 1.29 is 14.3 Å². The van der Waals surface area contributed by atoms with Crippen molar-refractivity contribution in [2.24, 2.45) is 5.92 Å². The molecule has 2 fully saturated rings. The number of carbonyl (C=O) groups excluding carboxylic acids is 1. The lowest BCUT2D eigenvalue weighted by Gasteiger charge is -2.39. The lowest BCUT2D eigenvalue weighted by atomic mass is 10.0. The van der Waals surface area contributed by atoms with Crippen molar-refractivity contribution in [1.29, 1.82) is 0 Å². The van der Waals surface area contributed by atoms with Gasteiger partial charge in [-0.3, -0.25) is 0 Å². The molecule has 2 saturated heterocycles. The van der Waals surface area contributed by atoms with Gasteiger partial charge < -0.3 is 24.6 Å². The highest BCUT2D eigenvalue weighted by Gasteiger charge is 2.33. The van der Waals surface area contributed by atoms with Crippen LogP contribution in [0.3, 0.4) is 0 Å². The number of amides is 1. The molecule has 0 atom stereocenters. The number of nitrogens with zero attached hydrogens (tertiary/aromatic N) is 5. The number of rotatable bonds is 4. The molecule has 1 aromatic heterocycles. The van der Waals surface area contributed by atoms with Gasteiger partial charge in [0.1, 0.15) is 5.60 Å². The minimum Gasteiger partial charge on any atom is -0.444 e. The van der Waals surface area contributed by atoms with E-state index in [2.05, 4.69) is 20.3 Å². The Morgan fingerprint density at radius 3 is 2.62 bits per heavy atom. The minimum absolute atomic E-state index is 0.160. The van der Waals surface area contributed by atoms with Gasteiger partial charge in [-0.15, -0.1) is 0 Å². The number of aromatic nitrogens is 3. The summed E-state index contributed by atoms with van der Waals surface area (Å²) >= 11 is 6.03. The number of halogens is 1. The smallest absolute Gasteiger partial charge is 0.410 e. The fourth-order valence-electron chi connectivity index (χ4n) is 2.73. The molecular formula is C16H25ClN6O3. The second-order valence-corrected chi connectivity index (χ2v) is 7.80. The van der Waals surface area contributed by atoms with Crippen LogP contribution in [0.1, 0.15) is 20.8 Å². The maximum Gasteiger partial charge on any atom is 0.410 e. The Kier molecular flexibility index (Phi) is 5.67. The molecular weight excluding hydrogens is 360 g/mol. The summed E-state index contributed by atoms with van der Waals surface area (Å²) in [5.74, 6) is 1.33. The van der Waals surface area contributed by atoms with Crippen molar-refractivity contribution in [3.8, 4) is 0 Å². The van der Waals surface area contributed by atoms with E-state index in [9.17, 15) is 4.79 Å². The summed E-state index contributed by atoms with van der Waals surface area (Å²) in [6.45, 7) is 10.3. The Labute approximate surface area is 158 Å². The van der Waals surface area contributed by atoms with E-state index in [-0.39, 0.29) is 11.4 Å². The topological polar surface area (TPSA) is 92.7 Å².